The third-order valence-electron chi connectivity index (χ3n) is 3.70. The Balaban J connectivity index is 1.99. The van der Waals surface area contributed by atoms with E-state index in [1.807, 2.05) is 30.5 Å². The fourth-order valence-corrected chi connectivity index (χ4v) is 3.26. The van der Waals surface area contributed by atoms with Crippen LogP contribution in [0, 0.1) is 5.82 Å². The number of amides is 1. The first-order valence-corrected chi connectivity index (χ1v) is 8.88. The van der Waals surface area contributed by atoms with Crippen molar-refractivity contribution in [1.29, 1.82) is 0 Å². The molecule has 1 amide bonds. The zero-order valence-corrected chi connectivity index (χ0v) is 14.8. The van der Waals surface area contributed by atoms with Crippen LogP contribution in [0.1, 0.15) is 17.4 Å². The van der Waals surface area contributed by atoms with E-state index in [-0.39, 0.29) is 11.7 Å². The highest BCUT2D eigenvalue weighted by molar-refractivity contribution is 7.09. The third-order valence-corrected chi connectivity index (χ3v) is 4.56. The van der Waals surface area contributed by atoms with Crippen LogP contribution in [0.2, 0.25) is 0 Å². The number of thiophene rings is 1. The number of likely N-dealkylation sites (N-methyl/N-ethyl adjacent to an activating group) is 1. The van der Waals surface area contributed by atoms with Gasteiger partial charge in [-0.25, -0.2) is 4.39 Å². The summed E-state index contributed by atoms with van der Waals surface area (Å²) in [6, 6.07) is 10.5. The minimum absolute atomic E-state index is 0.0418. The van der Waals surface area contributed by atoms with E-state index in [1.54, 1.807) is 22.3 Å². The lowest BCUT2D eigenvalue weighted by atomic mass is 10.2. The standard InChI is InChI=1S/C19H23FN2OS/c1-3-10-21(14-18-9-6-11-24-18)15-19(23)22(4-2)13-16-7-5-8-17(20)12-16/h3,5-9,11-12H,1,4,10,13-15H2,2H3. The van der Waals surface area contributed by atoms with Crippen molar-refractivity contribution >= 4 is 17.2 Å². The van der Waals surface area contributed by atoms with Gasteiger partial charge in [0, 0.05) is 31.1 Å². The lowest BCUT2D eigenvalue weighted by molar-refractivity contribution is -0.132. The summed E-state index contributed by atoms with van der Waals surface area (Å²) in [5.74, 6) is -0.234. The van der Waals surface area contributed by atoms with Crippen LogP contribution >= 0.6 is 11.3 Å². The van der Waals surface area contributed by atoms with Gasteiger partial charge in [0.2, 0.25) is 5.91 Å². The van der Waals surface area contributed by atoms with Crippen LogP contribution in [-0.4, -0.2) is 35.3 Å². The average Bonchev–Trinajstić information content (AvgIpc) is 3.05. The molecule has 0 spiro atoms. The Morgan fingerprint density at radius 3 is 2.75 bits per heavy atom. The molecule has 1 heterocycles. The van der Waals surface area contributed by atoms with Crippen molar-refractivity contribution in [2.45, 2.75) is 20.0 Å². The molecule has 0 saturated heterocycles. The third kappa shape index (κ3) is 5.58. The molecule has 0 aliphatic carbocycles. The van der Waals surface area contributed by atoms with Gasteiger partial charge in [0.05, 0.1) is 6.54 Å². The number of benzene rings is 1. The fourth-order valence-electron chi connectivity index (χ4n) is 2.51. The Hall–Kier alpha value is -1.98. The van der Waals surface area contributed by atoms with Crippen LogP contribution in [0.5, 0.6) is 0 Å². The number of hydrogen-bond acceptors (Lipinski definition) is 3. The zero-order chi connectivity index (χ0) is 17.4. The number of rotatable bonds is 9. The molecule has 0 N–H and O–H groups in total. The van der Waals surface area contributed by atoms with Gasteiger partial charge in [-0.15, -0.1) is 17.9 Å². The largest absolute Gasteiger partial charge is 0.338 e. The molecule has 0 aliphatic heterocycles. The number of halogens is 1. The summed E-state index contributed by atoms with van der Waals surface area (Å²) < 4.78 is 13.3. The normalized spacial score (nSPS) is 10.8. The summed E-state index contributed by atoms with van der Waals surface area (Å²) in [7, 11) is 0. The predicted octanol–water partition coefficient (Wildman–Crippen LogP) is 3.92. The van der Waals surface area contributed by atoms with E-state index in [1.165, 1.54) is 17.0 Å². The molecule has 0 aliphatic rings. The molecule has 3 nitrogen and oxygen atoms in total. The van der Waals surface area contributed by atoms with Gasteiger partial charge in [0.15, 0.2) is 0 Å². The number of carbonyl (C=O) groups is 1. The molecule has 2 rings (SSSR count). The molecule has 0 fully saturated rings. The van der Waals surface area contributed by atoms with Crippen molar-refractivity contribution in [1.82, 2.24) is 9.80 Å². The van der Waals surface area contributed by atoms with E-state index in [0.29, 0.717) is 26.2 Å². The average molecular weight is 346 g/mol. The van der Waals surface area contributed by atoms with E-state index in [2.05, 4.69) is 17.5 Å². The summed E-state index contributed by atoms with van der Waals surface area (Å²) in [6.07, 6.45) is 1.81. The Labute approximate surface area is 147 Å². The number of hydrogen-bond donors (Lipinski definition) is 0. The van der Waals surface area contributed by atoms with E-state index in [4.69, 9.17) is 0 Å². The van der Waals surface area contributed by atoms with Crippen molar-refractivity contribution < 1.29 is 9.18 Å². The second kappa shape index (κ2) is 9.35. The summed E-state index contributed by atoms with van der Waals surface area (Å²) in [4.78, 5) is 17.7. The van der Waals surface area contributed by atoms with Crippen LogP contribution in [0.25, 0.3) is 0 Å². The molecular formula is C19H23FN2OS. The molecule has 24 heavy (non-hydrogen) atoms. The van der Waals surface area contributed by atoms with Crippen molar-refractivity contribution in [3.8, 4) is 0 Å². The molecule has 5 heteroatoms. The Morgan fingerprint density at radius 2 is 2.12 bits per heavy atom. The highest BCUT2D eigenvalue weighted by atomic mass is 32.1. The van der Waals surface area contributed by atoms with Gasteiger partial charge in [0.1, 0.15) is 5.82 Å². The quantitative estimate of drug-likeness (QED) is 0.643. The SMILES string of the molecule is C=CCN(CC(=O)N(CC)Cc1cccc(F)c1)Cc1cccs1. The topological polar surface area (TPSA) is 23.6 Å². The van der Waals surface area contributed by atoms with Crippen LogP contribution < -0.4 is 0 Å². The van der Waals surface area contributed by atoms with Crippen molar-refractivity contribution in [2.24, 2.45) is 0 Å². The van der Waals surface area contributed by atoms with E-state index in [9.17, 15) is 9.18 Å². The molecule has 0 bridgehead atoms. The lowest BCUT2D eigenvalue weighted by Crippen LogP contribution is -2.39. The van der Waals surface area contributed by atoms with Gasteiger partial charge >= 0.3 is 0 Å². The minimum Gasteiger partial charge on any atom is -0.338 e. The summed E-state index contributed by atoms with van der Waals surface area (Å²) >= 11 is 1.68. The lowest BCUT2D eigenvalue weighted by Gasteiger charge is -2.26. The molecule has 1 aromatic carbocycles. The number of carbonyl (C=O) groups excluding carboxylic acids is 1. The van der Waals surface area contributed by atoms with Gasteiger partial charge in [-0.3, -0.25) is 9.69 Å². The van der Waals surface area contributed by atoms with Crippen molar-refractivity contribution in [3.05, 3.63) is 70.7 Å². The second-order valence-corrected chi connectivity index (χ2v) is 6.61. The minimum atomic E-state index is -0.276. The van der Waals surface area contributed by atoms with E-state index in [0.717, 1.165) is 12.1 Å². The first-order chi connectivity index (χ1) is 11.6. The summed E-state index contributed by atoms with van der Waals surface area (Å²) in [6.45, 7) is 8.44. The zero-order valence-electron chi connectivity index (χ0n) is 14.0. The van der Waals surface area contributed by atoms with Gasteiger partial charge in [0.25, 0.3) is 0 Å². The maximum atomic E-state index is 13.3. The molecule has 0 unspecified atom stereocenters. The van der Waals surface area contributed by atoms with Gasteiger partial charge < -0.3 is 4.90 Å². The Morgan fingerprint density at radius 1 is 1.29 bits per heavy atom. The predicted molar refractivity (Wildman–Crippen MR) is 97.3 cm³/mol. The highest BCUT2D eigenvalue weighted by Crippen LogP contribution is 2.13. The Bertz CT molecular complexity index is 657. The molecule has 0 saturated carbocycles. The van der Waals surface area contributed by atoms with E-state index >= 15 is 0 Å². The molecular weight excluding hydrogens is 323 g/mol. The van der Waals surface area contributed by atoms with E-state index < -0.39 is 0 Å². The van der Waals surface area contributed by atoms with Crippen molar-refractivity contribution in [3.63, 3.8) is 0 Å². The number of nitrogens with zero attached hydrogens (tertiary/aromatic N) is 2. The van der Waals surface area contributed by atoms with Crippen LogP contribution in [0.3, 0.4) is 0 Å². The summed E-state index contributed by atoms with van der Waals surface area (Å²) in [5, 5.41) is 2.03. The van der Waals surface area contributed by atoms with Crippen LogP contribution in [0.15, 0.2) is 54.4 Å². The second-order valence-electron chi connectivity index (χ2n) is 5.58. The maximum absolute atomic E-state index is 13.3. The van der Waals surface area contributed by atoms with Crippen molar-refractivity contribution in [2.75, 3.05) is 19.6 Å². The molecule has 2 aromatic rings. The van der Waals surface area contributed by atoms with Gasteiger partial charge in [-0.2, -0.15) is 0 Å². The smallest absolute Gasteiger partial charge is 0.237 e. The first-order valence-electron chi connectivity index (χ1n) is 8.00. The van der Waals surface area contributed by atoms with Crippen LogP contribution in [0.4, 0.5) is 4.39 Å². The van der Waals surface area contributed by atoms with Gasteiger partial charge in [-0.05, 0) is 36.1 Å². The van der Waals surface area contributed by atoms with Gasteiger partial charge in [-0.1, -0.05) is 24.3 Å². The Kier molecular flexibility index (Phi) is 7.15. The highest BCUT2D eigenvalue weighted by Gasteiger charge is 2.16. The fraction of sp³-hybridized carbons (Fsp3) is 0.316. The molecule has 128 valence electrons. The molecule has 0 atom stereocenters. The molecule has 1 aromatic heterocycles. The molecule has 0 radical (unpaired) electrons. The van der Waals surface area contributed by atoms with Crippen LogP contribution in [-0.2, 0) is 17.9 Å². The first kappa shape index (κ1) is 18.4. The maximum Gasteiger partial charge on any atom is 0.237 e. The summed E-state index contributed by atoms with van der Waals surface area (Å²) in [5.41, 5.74) is 0.804. The monoisotopic (exact) mass is 346 g/mol.